The zero-order chi connectivity index (χ0) is 17.4. The van der Waals surface area contributed by atoms with Gasteiger partial charge in [0.05, 0.1) is 5.92 Å². The Labute approximate surface area is 141 Å². The summed E-state index contributed by atoms with van der Waals surface area (Å²) in [7, 11) is -1.88. The number of aliphatic carboxylic acids is 1. The zero-order valence-corrected chi connectivity index (χ0v) is 16.2. The van der Waals surface area contributed by atoms with Crippen LogP contribution in [0.25, 0.3) is 0 Å². The molecule has 0 heterocycles. The van der Waals surface area contributed by atoms with Gasteiger partial charge in [0.15, 0.2) is 0 Å². The highest BCUT2D eigenvalue weighted by molar-refractivity contribution is 6.74. The second kappa shape index (κ2) is 6.31. The van der Waals surface area contributed by atoms with E-state index in [2.05, 4.69) is 46.0 Å². The molecule has 3 nitrogen and oxygen atoms in total. The van der Waals surface area contributed by atoms with Crippen molar-refractivity contribution in [1.82, 2.24) is 0 Å². The molecule has 1 aromatic carbocycles. The molecule has 1 aromatic rings. The minimum atomic E-state index is -1.88. The molecule has 1 aliphatic rings. The molecule has 4 heteroatoms. The van der Waals surface area contributed by atoms with E-state index in [4.69, 9.17) is 4.43 Å². The lowest BCUT2D eigenvalue weighted by Gasteiger charge is -2.36. The first-order valence-corrected chi connectivity index (χ1v) is 11.5. The van der Waals surface area contributed by atoms with Crippen molar-refractivity contribution < 1.29 is 14.3 Å². The van der Waals surface area contributed by atoms with Crippen molar-refractivity contribution in [3.05, 3.63) is 29.8 Å². The van der Waals surface area contributed by atoms with Crippen LogP contribution in [0, 0.1) is 11.8 Å². The number of carboxylic acid groups (broad SMARTS) is 1. The van der Waals surface area contributed by atoms with Crippen LogP contribution in [-0.2, 0) is 4.79 Å². The highest BCUT2D eigenvalue weighted by Gasteiger charge is 2.40. The highest BCUT2D eigenvalue weighted by atomic mass is 28.4. The Kier molecular flexibility index (Phi) is 4.95. The van der Waals surface area contributed by atoms with E-state index in [9.17, 15) is 9.90 Å². The monoisotopic (exact) mass is 334 g/mol. The Balaban J connectivity index is 2.27. The molecule has 0 saturated heterocycles. The summed E-state index contributed by atoms with van der Waals surface area (Å²) in [6.45, 7) is 13.0. The van der Waals surface area contributed by atoms with Gasteiger partial charge in [-0.2, -0.15) is 0 Å². The van der Waals surface area contributed by atoms with Gasteiger partial charge in [-0.05, 0) is 60.5 Å². The predicted molar refractivity (Wildman–Crippen MR) is 96.5 cm³/mol. The van der Waals surface area contributed by atoms with E-state index >= 15 is 0 Å². The van der Waals surface area contributed by atoms with Crippen LogP contribution in [0.5, 0.6) is 5.75 Å². The summed E-state index contributed by atoms with van der Waals surface area (Å²) >= 11 is 0. The Bertz CT molecular complexity index is 570. The number of benzene rings is 1. The maximum absolute atomic E-state index is 11.5. The number of rotatable bonds is 6. The highest BCUT2D eigenvalue weighted by Crippen LogP contribution is 2.47. The van der Waals surface area contributed by atoms with Crippen molar-refractivity contribution in [2.75, 3.05) is 0 Å². The first kappa shape index (κ1) is 18.1. The van der Waals surface area contributed by atoms with Crippen LogP contribution in [-0.4, -0.2) is 19.4 Å². The number of carbonyl (C=O) groups is 1. The topological polar surface area (TPSA) is 46.5 Å². The maximum atomic E-state index is 11.5. The second-order valence-corrected chi connectivity index (χ2v) is 13.1. The van der Waals surface area contributed by atoms with Gasteiger partial charge >= 0.3 is 5.97 Å². The summed E-state index contributed by atoms with van der Waals surface area (Å²) in [5, 5.41) is 9.57. The minimum absolute atomic E-state index is 0.0930. The van der Waals surface area contributed by atoms with Crippen LogP contribution in [0.1, 0.15) is 52.0 Å². The number of hydrogen-bond donors (Lipinski definition) is 1. The Morgan fingerprint density at radius 1 is 1.30 bits per heavy atom. The summed E-state index contributed by atoms with van der Waals surface area (Å²) < 4.78 is 6.39. The molecule has 2 rings (SSSR count). The van der Waals surface area contributed by atoms with E-state index in [0.717, 1.165) is 24.2 Å². The van der Waals surface area contributed by atoms with Gasteiger partial charge in [-0.1, -0.05) is 39.8 Å². The molecule has 1 aliphatic carbocycles. The molecule has 0 amide bonds. The van der Waals surface area contributed by atoms with E-state index in [-0.39, 0.29) is 16.9 Å². The molecule has 0 bridgehead atoms. The van der Waals surface area contributed by atoms with Gasteiger partial charge in [0.25, 0.3) is 0 Å². The molecule has 0 aromatic heterocycles. The largest absolute Gasteiger partial charge is 0.543 e. The zero-order valence-electron chi connectivity index (χ0n) is 15.2. The van der Waals surface area contributed by atoms with Crippen molar-refractivity contribution in [3.8, 4) is 5.75 Å². The SMILES string of the molecule is CC(C(=O)O)C(c1cccc(O[Si](C)(C)C(C)(C)C)c1)C1CC1. The predicted octanol–water partition coefficient (Wildman–Crippen LogP) is 5.28. The molecule has 1 N–H and O–H groups in total. The smallest absolute Gasteiger partial charge is 0.306 e. The van der Waals surface area contributed by atoms with Crippen LogP contribution < -0.4 is 4.43 Å². The van der Waals surface area contributed by atoms with E-state index < -0.39 is 14.3 Å². The summed E-state index contributed by atoms with van der Waals surface area (Å²) in [5.41, 5.74) is 1.11. The van der Waals surface area contributed by atoms with Crippen LogP contribution in [0.15, 0.2) is 24.3 Å². The Hall–Kier alpha value is -1.29. The van der Waals surface area contributed by atoms with Crippen LogP contribution >= 0.6 is 0 Å². The van der Waals surface area contributed by atoms with Crippen LogP contribution in [0.3, 0.4) is 0 Å². The summed E-state index contributed by atoms with van der Waals surface area (Å²) in [6, 6.07) is 8.13. The van der Waals surface area contributed by atoms with Gasteiger partial charge in [0.1, 0.15) is 5.75 Å². The Morgan fingerprint density at radius 2 is 1.91 bits per heavy atom. The molecular weight excluding hydrogens is 304 g/mol. The Morgan fingerprint density at radius 3 is 2.39 bits per heavy atom. The first-order valence-electron chi connectivity index (χ1n) is 8.55. The standard InChI is InChI=1S/C19H30O3Si/c1-13(18(20)21)17(14-10-11-14)15-8-7-9-16(12-15)22-23(5,6)19(2,3)4/h7-9,12-14,17H,10-11H2,1-6H3,(H,20,21). The molecule has 2 unspecified atom stereocenters. The van der Waals surface area contributed by atoms with E-state index in [1.807, 2.05) is 19.1 Å². The molecule has 23 heavy (non-hydrogen) atoms. The van der Waals surface area contributed by atoms with Crippen molar-refractivity contribution in [2.24, 2.45) is 11.8 Å². The molecule has 0 aliphatic heterocycles. The van der Waals surface area contributed by atoms with Crippen molar-refractivity contribution in [3.63, 3.8) is 0 Å². The van der Waals surface area contributed by atoms with Crippen LogP contribution in [0.4, 0.5) is 0 Å². The number of hydrogen-bond acceptors (Lipinski definition) is 2. The van der Waals surface area contributed by atoms with Gasteiger partial charge in [0, 0.05) is 0 Å². The maximum Gasteiger partial charge on any atom is 0.306 e. The lowest BCUT2D eigenvalue weighted by molar-refractivity contribution is -0.142. The third kappa shape index (κ3) is 4.17. The van der Waals surface area contributed by atoms with Gasteiger partial charge in [-0.15, -0.1) is 0 Å². The third-order valence-electron chi connectivity index (χ3n) is 5.48. The summed E-state index contributed by atoms with van der Waals surface area (Å²) in [5.74, 6) is 0.417. The minimum Gasteiger partial charge on any atom is -0.543 e. The van der Waals surface area contributed by atoms with Crippen molar-refractivity contribution in [2.45, 2.75) is 64.6 Å². The average Bonchev–Trinajstić information content (AvgIpc) is 3.22. The lowest BCUT2D eigenvalue weighted by atomic mass is 9.83. The quantitative estimate of drug-likeness (QED) is 0.719. The van der Waals surface area contributed by atoms with Gasteiger partial charge in [-0.25, -0.2) is 0 Å². The van der Waals surface area contributed by atoms with E-state index in [1.165, 1.54) is 0 Å². The second-order valence-electron chi connectivity index (χ2n) is 8.42. The molecule has 1 fully saturated rings. The fourth-order valence-corrected chi connectivity index (χ4v) is 3.83. The lowest BCUT2D eigenvalue weighted by Crippen LogP contribution is -2.43. The fraction of sp³-hybridized carbons (Fsp3) is 0.632. The summed E-state index contributed by atoms with van der Waals surface area (Å²) in [6.07, 6.45) is 2.27. The van der Waals surface area contributed by atoms with Crippen molar-refractivity contribution >= 4 is 14.3 Å². The van der Waals surface area contributed by atoms with E-state index in [0.29, 0.717) is 5.92 Å². The van der Waals surface area contributed by atoms with Gasteiger partial charge in [0.2, 0.25) is 8.32 Å². The summed E-state index contributed by atoms with van der Waals surface area (Å²) in [4.78, 5) is 11.5. The molecule has 0 spiro atoms. The van der Waals surface area contributed by atoms with Crippen molar-refractivity contribution in [1.29, 1.82) is 0 Å². The molecule has 128 valence electrons. The molecule has 0 radical (unpaired) electrons. The normalized spacial score (nSPS) is 18.3. The molecule has 2 atom stereocenters. The fourth-order valence-electron chi connectivity index (χ4n) is 2.81. The molecular formula is C19H30O3Si. The van der Waals surface area contributed by atoms with Crippen LogP contribution in [0.2, 0.25) is 18.1 Å². The van der Waals surface area contributed by atoms with E-state index in [1.54, 1.807) is 0 Å². The average molecular weight is 335 g/mol. The van der Waals surface area contributed by atoms with Gasteiger partial charge in [-0.3, -0.25) is 4.79 Å². The molecule has 1 saturated carbocycles. The van der Waals surface area contributed by atoms with Gasteiger partial charge < -0.3 is 9.53 Å². The first-order chi connectivity index (χ1) is 10.5. The number of carboxylic acids is 1. The third-order valence-corrected chi connectivity index (χ3v) is 9.84.